The van der Waals surface area contributed by atoms with Crippen molar-refractivity contribution in [1.29, 1.82) is 0 Å². The van der Waals surface area contributed by atoms with Gasteiger partial charge in [-0.2, -0.15) is 0 Å². The Labute approximate surface area is 90.1 Å². The SMILES string of the molecule is CC(F)c1ccc(C2=CC=CCC2)cc1. The minimum Gasteiger partial charge on any atom is -0.243 e. The average Bonchev–Trinajstić information content (AvgIpc) is 2.30. The Kier molecular flexibility index (Phi) is 3.00. The second-order valence-electron chi connectivity index (χ2n) is 3.90. The van der Waals surface area contributed by atoms with E-state index in [2.05, 4.69) is 18.2 Å². The number of benzene rings is 1. The van der Waals surface area contributed by atoms with Gasteiger partial charge in [0.25, 0.3) is 0 Å². The first-order valence-electron chi connectivity index (χ1n) is 5.37. The highest BCUT2D eigenvalue weighted by Gasteiger charge is 2.05. The summed E-state index contributed by atoms with van der Waals surface area (Å²) in [6, 6.07) is 7.77. The van der Waals surface area contributed by atoms with Gasteiger partial charge in [-0.15, -0.1) is 0 Å². The predicted molar refractivity (Wildman–Crippen MR) is 62.3 cm³/mol. The van der Waals surface area contributed by atoms with Crippen LogP contribution in [0.5, 0.6) is 0 Å². The number of hydrogen-bond acceptors (Lipinski definition) is 0. The molecule has 0 heterocycles. The molecular weight excluding hydrogens is 187 g/mol. The van der Waals surface area contributed by atoms with Gasteiger partial charge in [0.1, 0.15) is 6.17 Å². The van der Waals surface area contributed by atoms with Crippen LogP contribution >= 0.6 is 0 Å². The van der Waals surface area contributed by atoms with Crippen LogP contribution in [0.3, 0.4) is 0 Å². The van der Waals surface area contributed by atoms with Gasteiger partial charge in [0.15, 0.2) is 0 Å². The first kappa shape index (κ1) is 10.2. The van der Waals surface area contributed by atoms with E-state index in [0.717, 1.165) is 18.4 Å². The number of halogens is 1. The van der Waals surface area contributed by atoms with E-state index in [-0.39, 0.29) is 0 Å². The Balaban J connectivity index is 2.23. The lowest BCUT2D eigenvalue weighted by molar-refractivity contribution is 0.374. The number of allylic oxidation sites excluding steroid dienone is 4. The zero-order valence-corrected chi connectivity index (χ0v) is 8.91. The molecule has 0 radical (unpaired) electrons. The maximum Gasteiger partial charge on any atom is 0.122 e. The van der Waals surface area contributed by atoms with Crippen LogP contribution in [0, 0.1) is 0 Å². The van der Waals surface area contributed by atoms with E-state index in [1.165, 1.54) is 11.1 Å². The summed E-state index contributed by atoms with van der Waals surface area (Å²) in [5.74, 6) is 0. The minimum absolute atomic E-state index is 0.755. The number of alkyl halides is 1. The van der Waals surface area contributed by atoms with Gasteiger partial charge < -0.3 is 0 Å². The highest BCUT2D eigenvalue weighted by Crippen LogP contribution is 2.25. The predicted octanol–water partition coefficient (Wildman–Crippen LogP) is 4.45. The molecule has 1 aliphatic rings. The molecule has 0 aliphatic heterocycles. The lowest BCUT2D eigenvalue weighted by atomic mass is 9.96. The van der Waals surface area contributed by atoms with Crippen LogP contribution in [0.1, 0.15) is 37.1 Å². The Morgan fingerprint density at radius 2 is 1.93 bits per heavy atom. The summed E-state index contributed by atoms with van der Waals surface area (Å²) in [4.78, 5) is 0. The summed E-state index contributed by atoms with van der Waals surface area (Å²) in [5.41, 5.74) is 3.31. The van der Waals surface area contributed by atoms with Gasteiger partial charge in [0, 0.05) is 0 Å². The molecule has 0 N–H and O–H groups in total. The zero-order valence-electron chi connectivity index (χ0n) is 8.91. The van der Waals surface area contributed by atoms with Crippen LogP contribution in [0.15, 0.2) is 42.5 Å². The third kappa shape index (κ3) is 2.35. The summed E-state index contributed by atoms with van der Waals surface area (Å²) in [6.45, 7) is 1.57. The first-order valence-corrected chi connectivity index (χ1v) is 5.37. The third-order valence-corrected chi connectivity index (χ3v) is 2.75. The second-order valence-corrected chi connectivity index (χ2v) is 3.90. The maximum atomic E-state index is 13.0. The van der Waals surface area contributed by atoms with Crippen LogP contribution in [0.25, 0.3) is 5.57 Å². The molecule has 0 nitrogen and oxygen atoms in total. The number of rotatable bonds is 2. The van der Waals surface area contributed by atoms with Crippen LogP contribution in [0.4, 0.5) is 4.39 Å². The molecule has 0 fully saturated rings. The molecule has 0 saturated heterocycles. The highest BCUT2D eigenvalue weighted by molar-refractivity contribution is 5.68. The van der Waals surface area contributed by atoms with Crippen molar-refractivity contribution in [3.05, 3.63) is 53.6 Å². The second kappa shape index (κ2) is 4.43. The topological polar surface area (TPSA) is 0 Å². The molecule has 1 aromatic carbocycles. The smallest absolute Gasteiger partial charge is 0.122 e. The maximum absolute atomic E-state index is 13.0. The van der Waals surface area contributed by atoms with Crippen molar-refractivity contribution in [3.8, 4) is 0 Å². The summed E-state index contributed by atoms with van der Waals surface area (Å²) in [6.07, 6.45) is 7.71. The van der Waals surface area contributed by atoms with E-state index in [0.29, 0.717) is 0 Å². The average molecular weight is 202 g/mol. The Hall–Kier alpha value is -1.37. The standard InChI is InChI=1S/C14H15F/c1-11(15)12-7-9-14(10-8-12)13-5-3-2-4-6-13/h2-3,5,7-11H,4,6H2,1H3. The van der Waals surface area contributed by atoms with Crippen LogP contribution in [-0.4, -0.2) is 0 Å². The van der Waals surface area contributed by atoms with Crippen molar-refractivity contribution in [1.82, 2.24) is 0 Å². The normalized spacial score (nSPS) is 17.3. The molecule has 0 bridgehead atoms. The van der Waals surface area contributed by atoms with Crippen molar-refractivity contribution in [3.63, 3.8) is 0 Å². The van der Waals surface area contributed by atoms with Gasteiger partial charge in [-0.25, -0.2) is 4.39 Å². The lowest BCUT2D eigenvalue weighted by Crippen LogP contribution is -1.90. The summed E-state index contributed by atoms with van der Waals surface area (Å²) < 4.78 is 13.0. The van der Waals surface area contributed by atoms with Gasteiger partial charge in [0.05, 0.1) is 0 Å². The largest absolute Gasteiger partial charge is 0.243 e. The monoisotopic (exact) mass is 202 g/mol. The van der Waals surface area contributed by atoms with Crippen LogP contribution in [-0.2, 0) is 0 Å². The van der Waals surface area contributed by atoms with E-state index < -0.39 is 6.17 Å². The quantitative estimate of drug-likeness (QED) is 0.664. The minimum atomic E-state index is -0.876. The molecule has 0 spiro atoms. The van der Waals surface area contributed by atoms with E-state index in [1.54, 1.807) is 6.92 Å². The molecule has 15 heavy (non-hydrogen) atoms. The van der Waals surface area contributed by atoms with Crippen molar-refractivity contribution < 1.29 is 4.39 Å². The molecule has 78 valence electrons. The number of hydrogen-bond donors (Lipinski definition) is 0. The first-order chi connectivity index (χ1) is 7.27. The van der Waals surface area contributed by atoms with Gasteiger partial charge in [-0.1, -0.05) is 42.5 Å². The van der Waals surface area contributed by atoms with Gasteiger partial charge in [-0.3, -0.25) is 0 Å². The Bertz CT molecular complexity index is 382. The zero-order chi connectivity index (χ0) is 10.7. The summed E-state index contributed by atoms with van der Waals surface area (Å²) in [5, 5.41) is 0. The molecule has 1 aromatic rings. The van der Waals surface area contributed by atoms with Crippen molar-refractivity contribution >= 4 is 5.57 Å². The highest BCUT2D eigenvalue weighted by atomic mass is 19.1. The Morgan fingerprint density at radius 1 is 1.20 bits per heavy atom. The fraction of sp³-hybridized carbons (Fsp3) is 0.286. The molecule has 1 aliphatic carbocycles. The van der Waals surface area contributed by atoms with Crippen molar-refractivity contribution in [2.45, 2.75) is 25.9 Å². The van der Waals surface area contributed by atoms with Gasteiger partial charge in [0.2, 0.25) is 0 Å². The lowest BCUT2D eigenvalue weighted by Gasteiger charge is -2.10. The van der Waals surface area contributed by atoms with Gasteiger partial charge >= 0.3 is 0 Å². The van der Waals surface area contributed by atoms with E-state index >= 15 is 0 Å². The molecule has 0 amide bonds. The Morgan fingerprint density at radius 3 is 2.47 bits per heavy atom. The summed E-state index contributed by atoms with van der Waals surface area (Å²) >= 11 is 0. The third-order valence-electron chi connectivity index (χ3n) is 2.75. The van der Waals surface area contributed by atoms with Crippen LogP contribution < -0.4 is 0 Å². The molecule has 2 rings (SSSR count). The van der Waals surface area contributed by atoms with E-state index in [1.807, 2.05) is 24.3 Å². The fourth-order valence-electron chi connectivity index (χ4n) is 1.81. The molecule has 0 saturated carbocycles. The molecule has 1 unspecified atom stereocenters. The van der Waals surface area contributed by atoms with E-state index in [4.69, 9.17) is 0 Å². The van der Waals surface area contributed by atoms with Crippen molar-refractivity contribution in [2.24, 2.45) is 0 Å². The fourth-order valence-corrected chi connectivity index (χ4v) is 1.81. The molecule has 1 heteroatoms. The van der Waals surface area contributed by atoms with Crippen molar-refractivity contribution in [2.75, 3.05) is 0 Å². The van der Waals surface area contributed by atoms with Crippen LogP contribution in [0.2, 0.25) is 0 Å². The van der Waals surface area contributed by atoms with Gasteiger partial charge in [-0.05, 0) is 36.5 Å². The molecule has 1 atom stereocenters. The summed E-state index contributed by atoms with van der Waals surface area (Å²) in [7, 11) is 0. The van der Waals surface area contributed by atoms with E-state index in [9.17, 15) is 4.39 Å². The molecule has 0 aromatic heterocycles. The molecular formula is C14H15F.